The number of benzene rings is 2. The fraction of sp³-hybridized carbons (Fsp3) is 0.409. The molecular formula is C22H25NO2. The van der Waals surface area contributed by atoms with Crippen molar-refractivity contribution in [2.75, 3.05) is 19.7 Å². The maximum Gasteiger partial charge on any atom is 0.409 e. The molecule has 3 nitrogen and oxygen atoms in total. The van der Waals surface area contributed by atoms with E-state index >= 15 is 0 Å². The van der Waals surface area contributed by atoms with E-state index in [0.29, 0.717) is 18.4 Å². The minimum atomic E-state index is -0.162. The van der Waals surface area contributed by atoms with Gasteiger partial charge < -0.3 is 9.64 Å². The van der Waals surface area contributed by atoms with Crippen LogP contribution in [0.2, 0.25) is 0 Å². The number of amides is 1. The largest absolute Gasteiger partial charge is 0.450 e. The van der Waals surface area contributed by atoms with Crippen LogP contribution in [0.4, 0.5) is 4.79 Å². The van der Waals surface area contributed by atoms with E-state index in [1.165, 1.54) is 27.8 Å². The first-order valence-electron chi connectivity index (χ1n) is 9.28. The topological polar surface area (TPSA) is 29.5 Å². The third-order valence-electron chi connectivity index (χ3n) is 5.76. The minimum absolute atomic E-state index is 0.162. The van der Waals surface area contributed by atoms with Gasteiger partial charge in [0, 0.05) is 19.0 Å². The summed E-state index contributed by atoms with van der Waals surface area (Å²) in [7, 11) is 0. The molecule has 1 aliphatic heterocycles. The Bertz CT molecular complexity index is 784. The molecule has 0 saturated carbocycles. The van der Waals surface area contributed by atoms with Crippen molar-refractivity contribution >= 4 is 6.09 Å². The number of piperidine rings is 1. The van der Waals surface area contributed by atoms with Gasteiger partial charge in [0.15, 0.2) is 0 Å². The second-order valence-electron chi connectivity index (χ2n) is 7.23. The van der Waals surface area contributed by atoms with E-state index in [1.54, 1.807) is 0 Å². The molecule has 0 spiro atoms. The van der Waals surface area contributed by atoms with Crippen molar-refractivity contribution in [1.29, 1.82) is 0 Å². The van der Waals surface area contributed by atoms with E-state index in [-0.39, 0.29) is 6.09 Å². The smallest absolute Gasteiger partial charge is 0.409 e. The number of nitrogens with zero attached hydrogens (tertiary/aromatic N) is 1. The third-order valence-corrected chi connectivity index (χ3v) is 5.76. The predicted octanol–water partition coefficient (Wildman–Crippen LogP) is 4.78. The van der Waals surface area contributed by atoms with Crippen molar-refractivity contribution in [2.45, 2.75) is 32.6 Å². The van der Waals surface area contributed by atoms with Crippen LogP contribution in [0.25, 0.3) is 11.1 Å². The SMILES string of the molecule is CCOC(=O)N1CC[C@@H]2Cc3c(C)cc(-c4ccccc4)cc3[C@@H]2C1. The first kappa shape index (κ1) is 16.2. The Morgan fingerprint density at radius 2 is 2.00 bits per heavy atom. The molecule has 2 atom stereocenters. The van der Waals surface area contributed by atoms with Crippen molar-refractivity contribution in [3.8, 4) is 11.1 Å². The molecule has 1 aliphatic carbocycles. The van der Waals surface area contributed by atoms with Crippen LogP contribution in [0.5, 0.6) is 0 Å². The highest BCUT2D eigenvalue weighted by molar-refractivity contribution is 5.69. The van der Waals surface area contributed by atoms with Gasteiger partial charge in [-0.25, -0.2) is 4.79 Å². The van der Waals surface area contributed by atoms with Gasteiger partial charge in [0.25, 0.3) is 0 Å². The van der Waals surface area contributed by atoms with Gasteiger partial charge in [-0.3, -0.25) is 0 Å². The lowest BCUT2D eigenvalue weighted by Crippen LogP contribution is -2.42. The highest BCUT2D eigenvalue weighted by Crippen LogP contribution is 2.45. The Hall–Kier alpha value is -2.29. The molecule has 1 fully saturated rings. The van der Waals surface area contributed by atoms with Gasteiger partial charge >= 0.3 is 6.09 Å². The molecule has 0 N–H and O–H groups in total. The number of fused-ring (bicyclic) bond motifs is 3. The molecule has 1 amide bonds. The number of rotatable bonds is 2. The summed E-state index contributed by atoms with van der Waals surface area (Å²) in [5.41, 5.74) is 6.87. The Kier molecular flexibility index (Phi) is 4.24. The van der Waals surface area contributed by atoms with E-state index in [0.717, 1.165) is 25.9 Å². The molecule has 0 radical (unpaired) electrons. The molecule has 2 aromatic rings. The molecule has 2 aliphatic rings. The number of hydrogen-bond donors (Lipinski definition) is 0. The first-order chi connectivity index (χ1) is 12.2. The molecule has 0 bridgehead atoms. The molecule has 2 aromatic carbocycles. The highest BCUT2D eigenvalue weighted by atomic mass is 16.6. The molecule has 130 valence electrons. The zero-order valence-electron chi connectivity index (χ0n) is 15.0. The quantitative estimate of drug-likeness (QED) is 0.790. The zero-order valence-corrected chi connectivity index (χ0v) is 15.0. The Labute approximate surface area is 149 Å². The molecular weight excluding hydrogens is 310 g/mol. The molecule has 1 heterocycles. The van der Waals surface area contributed by atoms with E-state index < -0.39 is 0 Å². The zero-order chi connectivity index (χ0) is 17.4. The van der Waals surface area contributed by atoms with Gasteiger partial charge in [-0.2, -0.15) is 0 Å². The fourth-order valence-electron chi connectivity index (χ4n) is 4.49. The minimum Gasteiger partial charge on any atom is -0.450 e. The van der Waals surface area contributed by atoms with Gasteiger partial charge in [-0.1, -0.05) is 42.5 Å². The maximum absolute atomic E-state index is 12.2. The third kappa shape index (κ3) is 2.92. The lowest BCUT2D eigenvalue weighted by Gasteiger charge is -2.34. The monoisotopic (exact) mass is 335 g/mol. The summed E-state index contributed by atoms with van der Waals surface area (Å²) in [6, 6.07) is 15.2. The second kappa shape index (κ2) is 6.55. The van der Waals surface area contributed by atoms with E-state index in [4.69, 9.17) is 4.74 Å². The van der Waals surface area contributed by atoms with Crippen LogP contribution in [0.15, 0.2) is 42.5 Å². The molecule has 0 unspecified atom stereocenters. The Morgan fingerprint density at radius 1 is 1.20 bits per heavy atom. The van der Waals surface area contributed by atoms with Gasteiger partial charge in [-0.15, -0.1) is 0 Å². The van der Waals surface area contributed by atoms with Crippen molar-refractivity contribution < 1.29 is 9.53 Å². The second-order valence-corrected chi connectivity index (χ2v) is 7.23. The normalized spacial score (nSPS) is 21.6. The summed E-state index contributed by atoms with van der Waals surface area (Å²) in [4.78, 5) is 14.1. The standard InChI is InChI=1S/C22H25NO2/c1-3-25-22(24)23-10-9-17-12-19-15(2)11-18(13-20(19)21(17)14-23)16-7-5-4-6-8-16/h4-8,11,13,17,21H,3,9-10,12,14H2,1-2H3/t17-,21-/m1/s1. The van der Waals surface area contributed by atoms with Gasteiger partial charge in [0.1, 0.15) is 0 Å². The summed E-state index contributed by atoms with van der Waals surface area (Å²) >= 11 is 0. The summed E-state index contributed by atoms with van der Waals surface area (Å²) < 4.78 is 5.22. The van der Waals surface area contributed by atoms with Crippen LogP contribution >= 0.6 is 0 Å². The van der Waals surface area contributed by atoms with Crippen LogP contribution in [0.3, 0.4) is 0 Å². The maximum atomic E-state index is 12.2. The van der Waals surface area contributed by atoms with Gasteiger partial charge in [0.05, 0.1) is 6.61 Å². The summed E-state index contributed by atoms with van der Waals surface area (Å²) in [5.74, 6) is 1.10. The van der Waals surface area contributed by atoms with Crippen LogP contribution in [-0.2, 0) is 11.2 Å². The number of aryl methyl sites for hydroxylation is 1. The Morgan fingerprint density at radius 3 is 2.76 bits per heavy atom. The van der Waals surface area contributed by atoms with Crippen LogP contribution in [-0.4, -0.2) is 30.7 Å². The molecule has 1 saturated heterocycles. The molecule has 25 heavy (non-hydrogen) atoms. The highest BCUT2D eigenvalue weighted by Gasteiger charge is 2.39. The van der Waals surface area contributed by atoms with Crippen molar-refractivity contribution in [1.82, 2.24) is 4.90 Å². The number of hydrogen-bond acceptors (Lipinski definition) is 2. The van der Waals surface area contributed by atoms with Crippen LogP contribution in [0, 0.1) is 12.8 Å². The number of carbonyl (C=O) groups excluding carboxylic acids is 1. The number of likely N-dealkylation sites (tertiary alicyclic amines) is 1. The lowest BCUT2D eigenvalue weighted by atomic mass is 9.85. The molecule has 3 heteroatoms. The lowest BCUT2D eigenvalue weighted by molar-refractivity contribution is 0.0876. The van der Waals surface area contributed by atoms with E-state index in [2.05, 4.69) is 49.4 Å². The molecule has 4 rings (SSSR count). The number of ether oxygens (including phenoxy) is 1. The van der Waals surface area contributed by atoms with Crippen molar-refractivity contribution in [3.05, 3.63) is 59.2 Å². The first-order valence-corrected chi connectivity index (χ1v) is 9.28. The van der Waals surface area contributed by atoms with Crippen molar-refractivity contribution in [2.24, 2.45) is 5.92 Å². The summed E-state index contributed by atoms with van der Waals surface area (Å²) in [6.07, 6.45) is 2.06. The average molecular weight is 335 g/mol. The van der Waals surface area contributed by atoms with E-state index in [1.807, 2.05) is 11.8 Å². The fourth-order valence-corrected chi connectivity index (χ4v) is 4.49. The molecule has 0 aromatic heterocycles. The van der Waals surface area contributed by atoms with Crippen LogP contribution in [0.1, 0.15) is 36.0 Å². The Balaban J connectivity index is 1.67. The number of carbonyl (C=O) groups is 1. The predicted molar refractivity (Wildman–Crippen MR) is 99.8 cm³/mol. The van der Waals surface area contributed by atoms with Gasteiger partial charge in [0.2, 0.25) is 0 Å². The van der Waals surface area contributed by atoms with Crippen molar-refractivity contribution in [3.63, 3.8) is 0 Å². The van der Waals surface area contributed by atoms with E-state index in [9.17, 15) is 4.79 Å². The summed E-state index contributed by atoms with van der Waals surface area (Å²) in [6.45, 7) is 6.14. The van der Waals surface area contributed by atoms with Crippen LogP contribution < -0.4 is 0 Å². The average Bonchev–Trinajstić information content (AvgIpc) is 3.01. The van der Waals surface area contributed by atoms with Gasteiger partial charge in [-0.05, 0) is 60.4 Å². The summed E-state index contributed by atoms with van der Waals surface area (Å²) in [5, 5.41) is 0.